The summed E-state index contributed by atoms with van der Waals surface area (Å²) in [4.78, 5) is 94.7. The van der Waals surface area contributed by atoms with Crippen LogP contribution in [0.5, 0.6) is 0 Å². The highest BCUT2D eigenvalue weighted by atomic mass is 35.5. The lowest BCUT2D eigenvalue weighted by Crippen LogP contribution is -2.76. The zero-order valence-corrected chi connectivity index (χ0v) is 38.9. The molecule has 2 bridgehead atoms. The number of carbonyl (C=O) groups excluding carboxylic acids is 6. The fraction of sp³-hybridized carbons (Fsp3) is 0.458. The Morgan fingerprint density at radius 3 is 1.76 bits per heavy atom. The zero-order valence-electron chi connectivity index (χ0n) is 37.3. The number of methoxy groups -OCH3 is 2. The Morgan fingerprint density at radius 2 is 1.24 bits per heavy atom. The molecule has 2 aromatic rings. The third kappa shape index (κ3) is 6.16. The number of unbranched alkanes of at least 4 members (excludes halogenated alkanes) is 2. The van der Waals surface area contributed by atoms with Crippen molar-refractivity contribution >= 4 is 70.3 Å². The molecule has 0 radical (unpaired) electrons. The molecule has 8 aliphatic rings. The molecule has 2 amide bonds. The normalized spacial score (nSPS) is 29.7. The number of benzene rings is 2. The van der Waals surface area contributed by atoms with Crippen LogP contribution in [-0.2, 0) is 68.4 Å². The average molecular weight is 946 g/mol. The third-order valence-corrected chi connectivity index (χ3v) is 14.3. The van der Waals surface area contributed by atoms with E-state index in [1.54, 1.807) is 88.2 Å². The van der Waals surface area contributed by atoms with Crippen molar-refractivity contribution in [3.63, 3.8) is 0 Å². The van der Waals surface area contributed by atoms with Gasteiger partial charge in [0.25, 0.3) is 11.8 Å². The van der Waals surface area contributed by atoms with Crippen LogP contribution in [0.15, 0.2) is 83.9 Å². The van der Waals surface area contributed by atoms with Crippen LogP contribution in [0.2, 0.25) is 10.0 Å². The van der Waals surface area contributed by atoms with E-state index in [0.29, 0.717) is 24.2 Å². The van der Waals surface area contributed by atoms with E-state index >= 15 is 14.4 Å². The molecule has 0 aromatic heterocycles. The van der Waals surface area contributed by atoms with E-state index < -0.39 is 82.6 Å². The van der Waals surface area contributed by atoms with Crippen molar-refractivity contribution in [2.75, 3.05) is 50.3 Å². The molecule has 0 N–H and O–H groups in total. The van der Waals surface area contributed by atoms with Crippen LogP contribution >= 0.6 is 23.2 Å². The maximum absolute atomic E-state index is 15.3. The van der Waals surface area contributed by atoms with Gasteiger partial charge in [-0.3, -0.25) is 14.4 Å². The van der Waals surface area contributed by atoms with Crippen molar-refractivity contribution in [2.45, 2.75) is 83.1 Å². The molecule has 16 nitrogen and oxygen atoms in total. The Morgan fingerprint density at radius 1 is 0.712 bits per heavy atom. The van der Waals surface area contributed by atoms with Crippen LogP contribution in [-0.4, -0.2) is 105 Å². The quantitative estimate of drug-likeness (QED) is 0.179. The summed E-state index contributed by atoms with van der Waals surface area (Å²) in [5.74, 6) is -6.76. The molecule has 1 saturated heterocycles. The minimum atomic E-state index is -2.17. The summed E-state index contributed by atoms with van der Waals surface area (Å²) >= 11 is 13.4. The number of rotatable bonds is 12. The second-order valence-corrected chi connectivity index (χ2v) is 18.0. The summed E-state index contributed by atoms with van der Waals surface area (Å²) in [6.45, 7) is 7.82. The monoisotopic (exact) mass is 944 g/mol. The minimum absolute atomic E-state index is 0.0104. The highest BCUT2D eigenvalue weighted by Crippen LogP contribution is 2.65. The van der Waals surface area contributed by atoms with Crippen molar-refractivity contribution in [1.82, 2.24) is 9.80 Å². The molecule has 8 unspecified atom stereocenters. The lowest BCUT2D eigenvalue weighted by molar-refractivity contribution is -0.263. The first-order chi connectivity index (χ1) is 31.7. The third-order valence-electron chi connectivity index (χ3n) is 13.9. The average Bonchev–Trinajstić information content (AvgIpc) is 3.67. The Bertz CT molecular complexity index is 2580. The number of carbonyl (C=O) groups is 6. The fourth-order valence-electron chi connectivity index (χ4n) is 11.0. The summed E-state index contributed by atoms with van der Waals surface area (Å²) < 4.78 is 36.9. The van der Waals surface area contributed by atoms with Gasteiger partial charge in [-0.15, -0.1) is 0 Å². The Labute approximate surface area is 391 Å². The number of halogens is 2. The molecule has 7 aliphatic heterocycles. The van der Waals surface area contributed by atoms with Crippen molar-refractivity contribution in [1.29, 1.82) is 0 Å². The smallest absolute Gasteiger partial charge is 0.339 e. The SMILES string of the molecule is CCCCN1C(=O)C2(OC3C4C5C(C(=O)OCC)=CC(N6C=C(C(=O)OC)C7(OC56)C(=O)N(CCCC)c5ccc(Cl)cc57)C4(C(=O)OCC)C=CN3C=C2C(=O)OC)c2cc(Cl)ccc21. The van der Waals surface area contributed by atoms with Crippen molar-refractivity contribution < 1.29 is 57.2 Å². The minimum Gasteiger partial charge on any atom is -0.466 e. The molecule has 2 spiro atoms. The summed E-state index contributed by atoms with van der Waals surface area (Å²) in [6, 6.07) is 8.67. The number of anilines is 2. The number of fused-ring (bicyclic) bond motifs is 5. The first-order valence-corrected chi connectivity index (χ1v) is 23.0. The number of hydrogen-bond donors (Lipinski definition) is 0. The summed E-state index contributed by atoms with van der Waals surface area (Å²) in [6.07, 6.45) is 7.83. The van der Waals surface area contributed by atoms with Crippen LogP contribution in [0.3, 0.4) is 0 Å². The molecule has 1 aliphatic carbocycles. The van der Waals surface area contributed by atoms with E-state index in [9.17, 15) is 14.4 Å². The van der Waals surface area contributed by atoms with Gasteiger partial charge in [0.15, 0.2) is 0 Å². The van der Waals surface area contributed by atoms with Gasteiger partial charge >= 0.3 is 23.9 Å². The molecule has 1 fully saturated rings. The molecule has 18 heteroatoms. The lowest BCUT2D eigenvalue weighted by atomic mass is 9.53. The van der Waals surface area contributed by atoms with Crippen LogP contribution in [0, 0.1) is 17.3 Å². The topological polar surface area (TPSA) is 171 Å². The van der Waals surface area contributed by atoms with E-state index in [1.807, 2.05) is 13.8 Å². The van der Waals surface area contributed by atoms with Crippen molar-refractivity contribution in [3.8, 4) is 0 Å². The second kappa shape index (κ2) is 16.9. The number of ether oxygens (including phenoxy) is 6. The van der Waals surface area contributed by atoms with E-state index in [-0.39, 0.29) is 64.2 Å². The maximum atomic E-state index is 15.3. The molecule has 7 heterocycles. The Kier molecular flexibility index (Phi) is 11.6. The van der Waals surface area contributed by atoms with Gasteiger partial charge in [0.2, 0.25) is 11.2 Å². The predicted octanol–water partition coefficient (Wildman–Crippen LogP) is 6.00. The lowest BCUT2D eigenvalue weighted by Gasteiger charge is -2.65. The number of piperidine rings is 1. The predicted molar refractivity (Wildman–Crippen MR) is 238 cm³/mol. The maximum Gasteiger partial charge on any atom is 0.339 e. The first kappa shape index (κ1) is 45.5. The molecule has 0 saturated carbocycles. The number of amides is 2. The Hall–Kier alpha value is -5.68. The van der Waals surface area contributed by atoms with Crippen LogP contribution < -0.4 is 9.80 Å². The van der Waals surface area contributed by atoms with E-state index in [4.69, 9.17) is 51.6 Å². The van der Waals surface area contributed by atoms with Gasteiger partial charge in [0.1, 0.15) is 17.9 Å². The Balaban J connectivity index is 1.31. The summed E-state index contributed by atoms with van der Waals surface area (Å²) in [5.41, 5.74) is -4.79. The van der Waals surface area contributed by atoms with Gasteiger partial charge < -0.3 is 48.0 Å². The van der Waals surface area contributed by atoms with Gasteiger partial charge in [0, 0.05) is 70.3 Å². The molecule has 348 valence electrons. The summed E-state index contributed by atoms with van der Waals surface area (Å²) in [7, 11) is 2.39. The first-order valence-electron chi connectivity index (χ1n) is 22.3. The van der Waals surface area contributed by atoms with Crippen molar-refractivity contribution in [2.24, 2.45) is 17.3 Å². The van der Waals surface area contributed by atoms with Gasteiger partial charge in [0.05, 0.1) is 56.0 Å². The van der Waals surface area contributed by atoms with Gasteiger partial charge in [-0.1, -0.05) is 49.9 Å². The number of hydrogen-bond acceptors (Lipinski definition) is 14. The van der Waals surface area contributed by atoms with Gasteiger partial charge in [-0.2, -0.15) is 0 Å². The standard InChI is InChI=1S/C48H50Cl2N4O12/c1-7-11-18-52-33-15-13-26(49)21-29(33)47(43(52)58)31(41(56)61-5)24-51-20-17-46(45(60)64-10-4)35-23-28(40(55)63-9-3)36(37(46)39(51)66-47)38-54(35)25-32(42(57)62-6)48(65-38)30-22-27(50)14-16-34(30)53(44(48)59)19-12-8-2/h13-17,20-25,35-39H,7-12,18-19H2,1-6H3. The van der Waals surface area contributed by atoms with E-state index in [2.05, 4.69) is 0 Å². The van der Waals surface area contributed by atoms with Gasteiger partial charge in [-0.05, 0) is 75.2 Å². The number of nitrogens with zero attached hydrogens (tertiary/aromatic N) is 4. The van der Waals surface area contributed by atoms with Crippen LogP contribution in [0.25, 0.3) is 0 Å². The molecular weight excluding hydrogens is 895 g/mol. The van der Waals surface area contributed by atoms with E-state index in [0.717, 1.165) is 12.8 Å². The second-order valence-electron chi connectivity index (χ2n) is 17.1. The molecule has 2 aromatic carbocycles. The molecular formula is C48H50Cl2N4O12. The van der Waals surface area contributed by atoms with Crippen LogP contribution in [0.1, 0.15) is 64.5 Å². The summed E-state index contributed by atoms with van der Waals surface area (Å²) in [5, 5.41) is 0.533. The fourth-order valence-corrected chi connectivity index (χ4v) is 11.4. The highest BCUT2D eigenvalue weighted by molar-refractivity contribution is 6.31. The van der Waals surface area contributed by atoms with Crippen LogP contribution in [0.4, 0.5) is 11.4 Å². The molecule has 8 atom stereocenters. The number of esters is 4. The highest BCUT2D eigenvalue weighted by Gasteiger charge is 2.75. The van der Waals surface area contributed by atoms with Gasteiger partial charge in [-0.25, -0.2) is 14.4 Å². The largest absolute Gasteiger partial charge is 0.466 e. The van der Waals surface area contributed by atoms with Crippen molar-refractivity contribution in [3.05, 3.63) is 105 Å². The molecule has 10 rings (SSSR count). The molecule has 66 heavy (non-hydrogen) atoms. The zero-order chi connectivity index (χ0) is 47.0. The van der Waals surface area contributed by atoms with E-state index in [1.165, 1.54) is 26.6 Å².